The summed E-state index contributed by atoms with van der Waals surface area (Å²) in [5, 5.41) is 9.18. The molecule has 0 aliphatic carbocycles. The van der Waals surface area contributed by atoms with Crippen molar-refractivity contribution in [2.24, 2.45) is 0 Å². The minimum absolute atomic E-state index is 0.0303. The molecule has 0 fully saturated rings. The molecule has 1 heterocycles. The van der Waals surface area contributed by atoms with Crippen LogP contribution < -0.4 is 10.6 Å². The van der Waals surface area contributed by atoms with Gasteiger partial charge in [0.25, 0.3) is 0 Å². The molecule has 1 aromatic heterocycles. The lowest BCUT2D eigenvalue weighted by Gasteiger charge is -2.16. The maximum atomic E-state index is 12.4. The molecular weight excluding hydrogens is 388 g/mol. The van der Waals surface area contributed by atoms with Crippen molar-refractivity contribution in [1.82, 2.24) is 9.88 Å². The Bertz CT molecular complexity index is 924. The highest BCUT2D eigenvalue weighted by Crippen LogP contribution is 2.25. The molecule has 0 aliphatic rings. The van der Waals surface area contributed by atoms with Gasteiger partial charge >= 0.3 is 0 Å². The summed E-state index contributed by atoms with van der Waals surface area (Å²) in [7, 11) is 1.92. The van der Waals surface area contributed by atoms with Crippen LogP contribution in [0, 0.1) is 6.92 Å². The minimum Gasteiger partial charge on any atom is -0.332 e. The summed E-state index contributed by atoms with van der Waals surface area (Å²) in [6.45, 7) is 2.99. The first-order valence-electron chi connectivity index (χ1n) is 8.93. The predicted octanol–water partition coefficient (Wildman–Crippen LogP) is 4.99. The second-order valence-corrected chi connectivity index (χ2v) is 8.26. The quantitative estimate of drug-likeness (QED) is 0.511. The van der Waals surface area contributed by atoms with E-state index in [9.17, 15) is 4.79 Å². The van der Waals surface area contributed by atoms with E-state index in [0.717, 1.165) is 27.1 Å². The van der Waals surface area contributed by atoms with Gasteiger partial charge in [-0.15, -0.1) is 23.1 Å². The summed E-state index contributed by atoms with van der Waals surface area (Å²) in [5.41, 5.74) is 4.04. The third-order valence-corrected chi connectivity index (χ3v) is 5.68. The van der Waals surface area contributed by atoms with Crippen molar-refractivity contribution in [2.75, 3.05) is 30.5 Å². The lowest BCUT2D eigenvalue weighted by molar-refractivity contribution is -0.117. The molecule has 0 spiro atoms. The largest absolute Gasteiger partial charge is 0.332 e. The molecule has 28 heavy (non-hydrogen) atoms. The molecule has 0 radical (unpaired) electrons. The zero-order valence-electron chi connectivity index (χ0n) is 16.2. The number of hydrogen-bond donors (Lipinski definition) is 2. The van der Waals surface area contributed by atoms with Crippen LogP contribution in [0.1, 0.15) is 11.3 Å². The fourth-order valence-electron chi connectivity index (χ4n) is 2.71. The van der Waals surface area contributed by atoms with Crippen molar-refractivity contribution < 1.29 is 4.79 Å². The smallest absolute Gasteiger partial charge is 0.238 e. The van der Waals surface area contributed by atoms with Crippen LogP contribution in [0.5, 0.6) is 0 Å². The number of hydrogen-bond acceptors (Lipinski definition) is 6. The molecule has 0 saturated heterocycles. The number of aromatic nitrogens is 1. The van der Waals surface area contributed by atoms with Crippen LogP contribution >= 0.6 is 23.1 Å². The number of amides is 1. The van der Waals surface area contributed by atoms with Gasteiger partial charge < -0.3 is 10.6 Å². The first-order chi connectivity index (χ1) is 13.5. The number of anilines is 3. The first kappa shape index (κ1) is 20.4. The third kappa shape index (κ3) is 5.82. The van der Waals surface area contributed by atoms with Gasteiger partial charge in [-0.2, -0.15) is 0 Å². The maximum absolute atomic E-state index is 12.4. The van der Waals surface area contributed by atoms with E-state index in [0.29, 0.717) is 13.1 Å². The van der Waals surface area contributed by atoms with Crippen LogP contribution in [0.25, 0.3) is 0 Å². The molecule has 0 saturated carbocycles. The summed E-state index contributed by atoms with van der Waals surface area (Å²) in [6.07, 6.45) is 2.00. The lowest BCUT2D eigenvalue weighted by atomic mass is 10.2. The number of likely N-dealkylation sites (N-methyl/N-ethyl adjacent to an activating group) is 1. The van der Waals surface area contributed by atoms with E-state index < -0.39 is 0 Å². The van der Waals surface area contributed by atoms with E-state index in [-0.39, 0.29) is 5.91 Å². The second kappa shape index (κ2) is 9.73. The van der Waals surface area contributed by atoms with Gasteiger partial charge in [-0.05, 0) is 44.5 Å². The Kier molecular flexibility index (Phi) is 7.08. The van der Waals surface area contributed by atoms with Gasteiger partial charge in [0.15, 0.2) is 5.13 Å². The maximum Gasteiger partial charge on any atom is 0.238 e. The zero-order valence-corrected chi connectivity index (χ0v) is 17.9. The highest BCUT2D eigenvalue weighted by atomic mass is 32.2. The summed E-state index contributed by atoms with van der Waals surface area (Å²) in [5.74, 6) is -0.0303. The fourth-order valence-corrected chi connectivity index (χ4v) is 3.99. The molecule has 2 aromatic carbocycles. The number of aryl methyl sites for hydroxylation is 1. The van der Waals surface area contributed by atoms with Crippen LogP contribution in [0.15, 0.2) is 58.8 Å². The minimum atomic E-state index is -0.0303. The van der Waals surface area contributed by atoms with Crippen LogP contribution in [0.3, 0.4) is 0 Å². The number of carbonyl (C=O) groups excluding carboxylic acids is 1. The SMILES string of the molecule is CSc1ccccc1NC(=O)CN(C)Cc1csc(Nc2ccc(C)cc2)n1. The highest BCUT2D eigenvalue weighted by molar-refractivity contribution is 7.98. The number of thiazole rings is 1. The number of para-hydroxylation sites is 1. The monoisotopic (exact) mass is 412 g/mol. The van der Waals surface area contributed by atoms with Gasteiger partial charge in [-0.25, -0.2) is 4.98 Å². The molecule has 5 nitrogen and oxygen atoms in total. The summed E-state index contributed by atoms with van der Waals surface area (Å²) in [6, 6.07) is 16.0. The Morgan fingerprint density at radius 2 is 1.93 bits per heavy atom. The summed E-state index contributed by atoms with van der Waals surface area (Å²) in [4.78, 5) is 20.0. The van der Waals surface area contributed by atoms with E-state index in [2.05, 4.69) is 34.7 Å². The van der Waals surface area contributed by atoms with Crippen molar-refractivity contribution >= 4 is 45.5 Å². The Hall–Kier alpha value is -2.35. The van der Waals surface area contributed by atoms with E-state index in [1.54, 1.807) is 23.1 Å². The van der Waals surface area contributed by atoms with Crippen molar-refractivity contribution in [3.63, 3.8) is 0 Å². The average molecular weight is 413 g/mol. The van der Waals surface area contributed by atoms with Gasteiger partial charge in [0.2, 0.25) is 5.91 Å². The molecule has 3 rings (SSSR count). The van der Waals surface area contributed by atoms with Crippen molar-refractivity contribution in [1.29, 1.82) is 0 Å². The van der Waals surface area contributed by atoms with Crippen LogP contribution in [-0.2, 0) is 11.3 Å². The van der Waals surface area contributed by atoms with E-state index in [1.807, 2.05) is 60.0 Å². The second-order valence-electron chi connectivity index (χ2n) is 6.56. The normalized spacial score (nSPS) is 10.9. The first-order valence-corrected chi connectivity index (χ1v) is 11.0. The standard InChI is InChI=1S/C21H24N4OS2/c1-15-8-10-16(11-9-15)22-21-23-17(14-28-21)12-25(2)13-20(26)24-18-6-4-5-7-19(18)27-3/h4-11,14H,12-13H2,1-3H3,(H,22,23)(H,24,26). The predicted molar refractivity (Wildman–Crippen MR) is 120 cm³/mol. The van der Waals surface area contributed by atoms with Crippen LogP contribution in [-0.4, -0.2) is 35.6 Å². The molecule has 7 heteroatoms. The molecule has 0 aliphatic heterocycles. The van der Waals surface area contributed by atoms with E-state index >= 15 is 0 Å². The van der Waals surface area contributed by atoms with Gasteiger partial charge in [-0.1, -0.05) is 29.8 Å². The Morgan fingerprint density at radius 1 is 1.18 bits per heavy atom. The Labute approximate surface area is 174 Å². The number of rotatable bonds is 8. The summed E-state index contributed by atoms with van der Waals surface area (Å²) < 4.78 is 0. The highest BCUT2D eigenvalue weighted by Gasteiger charge is 2.11. The van der Waals surface area contributed by atoms with Crippen LogP contribution in [0.4, 0.5) is 16.5 Å². The lowest BCUT2D eigenvalue weighted by Crippen LogP contribution is -2.30. The van der Waals surface area contributed by atoms with Crippen molar-refractivity contribution in [3.05, 3.63) is 65.2 Å². The van der Waals surface area contributed by atoms with Gasteiger partial charge in [0.05, 0.1) is 17.9 Å². The molecule has 0 atom stereocenters. The third-order valence-electron chi connectivity index (χ3n) is 4.08. The molecule has 0 unspecified atom stereocenters. The van der Waals surface area contributed by atoms with Gasteiger partial charge in [0, 0.05) is 22.5 Å². The number of thioether (sulfide) groups is 1. The number of carbonyl (C=O) groups is 1. The summed E-state index contributed by atoms with van der Waals surface area (Å²) >= 11 is 3.18. The Morgan fingerprint density at radius 3 is 2.68 bits per heavy atom. The molecule has 2 N–H and O–H groups in total. The fraction of sp³-hybridized carbons (Fsp3) is 0.238. The molecular formula is C21H24N4OS2. The van der Waals surface area contributed by atoms with Gasteiger partial charge in [0.1, 0.15) is 0 Å². The van der Waals surface area contributed by atoms with Crippen molar-refractivity contribution in [2.45, 2.75) is 18.4 Å². The number of nitrogens with one attached hydrogen (secondary N) is 2. The van der Waals surface area contributed by atoms with Gasteiger partial charge in [-0.3, -0.25) is 9.69 Å². The van der Waals surface area contributed by atoms with E-state index in [1.165, 1.54) is 5.56 Å². The topological polar surface area (TPSA) is 57.3 Å². The van der Waals surface area contributed by atoms with Crippen LogP contribution in [0.2, 0.25) is 0 Å². The van der Waals surface area contributed by atoms with E-state index in [4.69, 9.17) is 0 Å². The zero-order chi connectivity index (χ0) is 19.9. The molecule has 1 amide bonds. The Balaban J connectivity index is 1.52. The van der Waals surface area contributed by atoms with Crippen molar-refractivity contribution in [3.8, 4) is 0 Å². The number of nitrogens with zero attached hydrogens (tertiary/aromatic N) is 2. The molecule has 146 valence electrons. The average Bonchev–Trinajstić information content (AvgIpc) is 3.10. The number of benzene rings is 2. The molecule has 0 bridgehead atoms. The molecule has 3 aromatic rings.